The Hall–Kier alpha value is -1.14. The van der Waals surface area contributed by atoms with Crippen LogP contribution in [-0.2, 0) is 19.1 Å². The smallest absolute Gasteiger partial charge is 0.311 e. The second kappa shape index (κ2) is 7.45. The lowest BCUT2D eigenvalue weighted by Crippen LogP contribution is -2.46. The van der Waals surface area contributed by atoms with Crippen molar-refractivity contribution in [3.8, 4) is 0 Å². The Bertz CT molecular complexity index is 320. The van der Waals surface area contributed by atoms with Gasteiger partial charge < -0.3 is 19.5 Å². The van der Waals surface area contributed by atoms with E-state index in [9.17, 15) is 9.59 Å². The number of carboxylic acids is 1. The number of hydrogen-bond donors (Lipinski definition) is 1. The molecule has 3 atom stereocenters. The van der Waals surface area contributed by atoms with Gasteiger partial charge in [-0.2, -0.15) is 0 Å². The fraction of sp³-hybridized carbons (Fsp3) is 0.846. The molecule has 0 saturated carbocycles. The molecule has 0 spiro atoms. The number of rotatable bonds is 7. The third-order valence-corrected chi connectivity index (χ3v) is 3.60. The van der Waals surface area contributed by atoms with Crippen LogP contribution in [0.15, 0.2) is 0 Å². The van der Waals surface area contributed by atoms with Crippen molar-refractivity contribution in [1.82, 2.24) is 4.90 Å². The van der Waals surface area contributed by atoms with Crippen molar-refractivity contribution in [2.75, 3.05) is 26.9 Å². The van der Waals surface area contributed by atoms with Gasteiger partial charge in [-0.05, 0) is 20.3 Å². The van der Waals surface area contributed by atoms with Crippen molar-refractivity contribution in [2.45, 2.75) is 38.8 Å². The Kier molecular flexibility index (Phi) is 6.24. The van der Waals surface area contributed by atoms with Gasteiger partial charge in [0.25, 0.3) is 0 Å². The van der Waals surface area contributed by atoms with Gasteiger partial charge in [0.1, 0.15) is 5.92 Å². The van der Waals surface area contributed by atoms with Crippen LogP contribution in [0.3, 0.4) is 0 Å². The first kappa shape index (κ1) is 15.9. The molecule has 1 aliphatic rings. The van der Waals surface area contributed by atoms with Crippen molar-refractivity contribution < 1.29 is 24.2 Å². The van der Waals surface area contributed by atoms with E-state index in [0.29, 0.717) is 26.0 Å². The minimum absolute atomic E-state index is 0.0257. The largest absolute Gasteiger partial charge is 0.481 e. The summed E-state index contributed by atoms with van der Waals surface area (Å²) >= 11 is 0. The summed E-state index contributed by atoms with van der Waals surface area (Å²) in [6, 6.07) is -0.354. The zero-order chi connectivity index (χ0) is 14.4. The molecule has 0 radical (unpaired) electrons. The first-order valence-corrected chi connectivity index (χ1v) is 6.64. The van der Waals surface area contributed by atoms with E-state index in [1.54, 1.807) is 12.0 Å². The quantitative estimate of drug-likeness (QED) is 0.740. The molecule has 1 aliphatic heterocycles. The first-order chi connectivity index (χ1) is 9.01. The van der Waals surface area contributed by atoms with Crippen LogP contribution in [0, 0.1) is 5.92 Å². The summed E-state index contributed by atoms with van der Waals surface area (Å²) < 4.78 is 10.3. The summed E-state index contributed by atoms with van der Waals surface area (Å²) in [7, 11) is 1.61. The standard InChI is InChI=1S/C13H23NO5/c1-4-14(12(15)6-5-9(2)18-3)11-8-19-7-10(11)13(16)17/h9-11H,4-8H2,1-3H3,(H,16,17). The lowest BCUT2D eigenvalue weighted by atomic mass is 10.0. The van der Waals surface area contributed by atoms with Gasteiger partial charge in [-0.1, -0.05) is 0 Å². The molecule has 6 heteroatoms. The molecule has 3 unspecified atom stereocenters. The van der Waals surface area contributed by atoms with Crippen LogP contribution in [0.4, 0.5) is 0 Å². The molecule has 19 heavy (non-hydrogen) atoms. The van der Waals surface area contributed by atoms with Crippen molar-refractivity contribution in [2.24, 2.45) is 5.92 Å². The molecule has 1 heterocycles. The van der Waals surface area contributed by atoms with Crippen LogP contribution < -0.4 is 0 Å². The van der Waals surface area contributed by atoms with Gasteiger partial charge in [0.2, 0.25) is 5.91 Å². The maximum Gasteiger partial charge on any atom is 0.311 e. The highest BCUT2D eigenvalue weighted by atomic mass is 16.5. The number of ether oxygens (including phenoxy) is 2. The van der Waals surface area contributed by atoms with Gasteiger partial charge in [0.05, 0.1) is 25.4 Å². The lowest BCUT2D eigenvalue weighted by molar-refractivity contribution is -0.145. The molecular weight excluding hydrogens is 250 g/mol. The Morgan fingerprint density at radius 3 is 2.68 bits per heavy atom. The molecule has 1 rings (SSSR count). The zero-order valence-electron chi connectivity index (χ0n) is 11.8. The second-order valence-corrected chi connectivity index (χ2v) is 4.81. The third kappa shape index (κ3) is 4.18. The number of methoxy groups -OCH3 is 1. The first-order valence-electron chi connectivity index (χ1n) is 6.64. The normalized spacial score (nSPS) is 24.2. The monoisotopic (exact) mass is 273 g/mol. The minimum atomic E-state index is -0.904. The maximum absolute atomic E-state index is 12.2. The SMILES string of the molecule is CCN(C(=O)CCC(C)OC)C1COCC1C(=O)O. The predicted octanol–water partition coefficient (Wildman–Crippen LogP) is 0.750. The summed E-state index contributed by atoms with van der Waals surface area (Å²) in [5.74, 6) is -1.56. The molecule has 0 aliphatic carbocycles. The number of aliphatic carboxylic acids is 1. The van der Waals surface area contributed by atoms with E-state index >= 15 is 0 Å². The van der Waals surface area contributed by atoms with Crippen LogP contribution in [-0.4, -0.2) is 60.9 Å². The third-order valence-electron chi connectivity index (χ3n) is 3.60. The molecule has 1 amide bonds. The average molecular weight is 273 g/mol. The van der Waals surface area contributed by atoms with Gasteiger partial charge in [-0.25, -0.2) is 0 Å². The van der Waals surface area contributed by atoms with E-state index in [0.717, 1.165) is 0 Å². The molecule has 6 nitrogen and oxygen atoms in total. The Labute approximate surface area is 113 Å². The summed E-state index contributed by atoms with van der Waals surface area (Å²) in [6.07, 6.45) is 1.03. The molecule has 0 aromatic heterocycles. The fourth-order valence-electron chi connectivity index (χ4n) is 2.27. The van der Waals surface area contributed by atoms with Crippen molar-refractivity contribution in [3.05, 3.63) is 0 Å². The van der Waals surface area contributed by atoms with Crippen LogP contribution in [0.2, 0.25) is 0 Å². The number of amides is 1. The summed E-state index contributed by atoms with van der Waals surface area (Å²) in [6.45, 7) is 4.74. The van der Waals surface area contributed by atoms with Gasteiger partial charge in [-0.15, -0.1) is 0 Å². The highest BCUT2D eigenvalue weighted by molar-refractivity contribution is 5.78. The van der Waals surface area contributed by atoms with Gasteiger partial charge in [0.15, 0.2) is 0 Å². The molecule has 1 saturated heterocycles. The second-order valence-electron chi connectivity index (χ2n) is 4.81. The minimum Gasteiger partial charge on any atom is -0.481 e. The van der Waals surface area contributed by atoms with E-state index in [4.69, 9.17) is 14.6 Å². The summed E-state index contributed by atoms with van der Waals surface area (Å²) in [5, 5.41) is 9.13. The van der Waals surface area contributed by atoms with Crippen LogP contribution in [0.1, 0.15) is 26.7 Å². The van der Waals surface area contributed by atoms with Crippen LogP contribution in [0.5, 0.6) is 0 Å². The predicted molar refractivity (Wildman–Crippen MR) is 68.8 cm³/mol. The maximum atomic E-state index is 12.2. The van der Waals surface area contributed by atoms with E-state index in [1.807, 2.05) is 13.8 Å². The van der Waals surface area contributed by atoms with Crippen LogP contribution in [0.25, 0.3) is 0 Å². The summed E-state index contributed by atoms with van der Waals surface area (Å²) in [5.41, 5.74) is 0. The topological polar surface area (TPSA) is 76.1 Å². The average Bonchev–Trinajstić information content (AvgIpc) is 2.86. The van der Waals surface area contributed by atoms with E-state index in [1.165, 1.54) is 0 Å². The number of carboxylic acid groups (broad SMARTS) is 1. The highest BCUT2D eigenvalue weighted by Crippen LogP contribution is 2.21. The van der Waals surface area contributed by atoms with Crippen LogP contribution >= 0.6 is 0 Å². The molecule has 1 N–H and O–H groups in total. The van der Waals surface area contributed by atoms with Gasteiger partial charge in [0, 0.05) is 20.1 Å². The number of likely N-dealkylation sites (N-methyl/N-ethyl adjacent to an activating group) is 1. The van der Waals surface area contributed by atoms with E-state index in [-0.39, 0.29) is 24.7 Å². The fourth-order valence-corrected chi connectivity index (χ4v) is 2.27. The van der Waals surface area contributed by atoms with E-state index in [2.05, 4.69) is 0 Å². The Morgan fingerprint density at radius 2 is 2.16 bits per heavy atom. The highest BCUT2D eigenvalue weighted by Gasteiger charge is 2.39. The number of carbonyl (C=O) groups excluding carboxylic acids is 1. The Morgan fingerprint density at radius 1 is 1.47 bits per heavy atom. The lowest BCUT2D eigenvalue weighted by Gasteiger charge is -2.29. The van der Waals surface area contributed by atoms with Crippen molar-refractivity contribution in [1.29, 1.82) is 0 Å². The van der Waals surface area contributed by atoms with Crippen molar-refractivity contribution >= 4 is 11.9 Å². The molecular formula is C13H23NO5. The Balaban J connectivity index is 2.61. The van der Waals surface area contributed by atoms with Gasteiger partial charge >= 0.3 is 5.97 Å². The molecule has 110 valence electrons. The van der Waals surface area contributed by atoms with E-state index < -0.39 is 11.9 Å². The molecule has 0 bridgehead atoms. The zero-order valence-corrected chi connectivity index (χ0v) is 11.8. The molecule has 0 aromatic rings. The number of carbonyl (C=O) groups is 2. The number of hydrogen-bond acceptors (Lipinski definition) is 4. The number of nitrogens with zero attached hydrogens (tertiary/aromatic N) is 1. The summed E-state index contributed by atoms with van der Waals surface area (Å²) in [4.78, 5) is 24.9. The molecule has 0 aromatic carbocycles. The molecule has 1 fully saturated rings. The van der Waals surface area contributed by atoms with Crippen molar-refractivity contribution in [3.63, 3.8) is 0 Å². The van der Waals surface area contributed by atoms with Gasteiger partial charge in [-0.3, -0.25) is 9.59 Å².